The van der Waals surface area contributed by atoms with Crippen LogP contribution in [0.15, 0.2) is 48.5 Å². The van der Waals surface area contributed by atoms with Gasteiger partial charge in [0.15, 0.2) is 22.9 Å². The lowest BCUT2D eigenvalue weighted by Crippen LogP contribution is -2.39. The summed E-state index contributed by atoms with van der Waals surface area (Å²) in [7, 11) is 0. The normalized spacial score (nSPS) is 17.7. The molecule has 2 aliphatic rings. The van der Waals surface area contributed by atoms with Crippen LogP contribution in [0.2, 0.25) is 5.02 Å². The Morgan fingerprint density at radius 1 is 1.07 bits per heavy atom. The van der Waals surface area contributed by atoms with E-state index in [0.29, 0.717) is 24.3 Å². The summed E-state index contributed by atoms with van der Waals surface area (Å²) in [6.45, 7) is 3.42. The van der Waals surface area contributed by atoms with E-state index in [1.807, 2.05) is 4.57 Å². The van der Waals surface area contributed by atoms with Crippen LogP contribution in [-0.4, -0.2) is 62.4 Å². The zero-order chi connectivity index (χ0) is 29.2. The highest BCUT2D eigenvalue weighted by Gasteiger charge is 2.26. The van der Waals surface area contributed by atoms with Gasteiger partial charge in [-0.3, -0.25) is 4.90 Å². The summed E-state index contributed by atoms with van der Waals surface area (Å²) in [6, 6.07) is 12.2. The van der Waals surface area contributed by atoms with Gasteiger partial charge in [0.1, 0.15) is 23.8 Å². The second-order valence-corrected chi connectivity index (χ2v) is 11.1. The molecule has 0 saturated carbocycles. The van der Waals surface area contributed by atoms with E-state index in [4.69, 9.17) is 26.1 Å². The monoisotopic (exact) mass is 597 g/mol. The fourth-order valence-electron chi connectivity index (χ4n) is 5.28. The van der Waals surface area contributed by atoms with Gasteiger partial charge in [0.2, 0.25) is 0 Å². The molecule has 2 aromatic heterocycles. The van der Waals surface area contributed by atoms with Crippen molar-refractivity contribution in [2.75, 3.05) is 25.0 Å². The Kier molecular flexibility index (Phi) is 8.23. The van der Waals surface area contributed by atoms with Crippen molar-refractivity contribution in [1.82, 2.24) is 19.4 Å². The molecular formula is C30H30ClF2N5O4. The number of ether oxygens (including phenoxy) is 2. The molecule has 42 heavy (non-hydrogen) atoms. The van der Waals surface area contributed by atoms with E-state index in [1.54, 1.807) is 24.3 Å². The minimum atomic E-state index is -1.07. The maximum absolute atomic E-state index is 14.4. The van der Waals surface area contributed by atoms with Gasteiger partial charge in [-0.05, 0) is 55.7 Å². The van der Waals surface area contributed by atoms with Crippen LogP contribution in [0.3, 0.4) is 0 Å². The molecule has 0 amide bonds. The summed E-state index contributed by atoms with van der Waals surface area (Å²) >= 11 is 5.80. The van der Waals surface area contributed by atoms with Crippen LogP contribution < -0.4 is 10.1 Å². The smallest absolute Gasteiger partial charge is 0.354 e. The standard InChI is InChI=1S/C30H30ClF2N5O4/c31-19-2-1-18(24(33)13-19)17-42-27-14-21(3-4-23(27)32)34-20-7-10-37(11-8-20)16-28-35-25-5-6-26(30(39)40)36-29(25)38(28)15-22-9-12-41-22/h1-6,13-14,20,22,34H,7-12,15-17H2,(H,39,40)/t22-/m0/s1. The number of carboxylic acids is 1. The number of halogens is 3. The number of carbonyl (C=O) groups is 1. The molecule has 1 atom stereocenters. The number of carboxylic acid groups (broad SMARTS) is 1. The van der Waals surface area contributed by atoms with Gasteiger partial charge in [-0.2, -0.15) is 0 Å². The number of aromatic carboxylic acids is 1. The predicted molar refractivity (Wildman–Crippen MR) is 153 cm³/mol. The molecule has 2 N–H and O–H groups in total. The first-order valence-corrected chi connectivity index (χ1v) is 14.3. The lowest BCUT2D eigenvalue weighted by atomic mass is 10.0. The first-order chi connectivity index (χ1) is 20.3. The number of imidazole rings is 1. The molecule has 2 saturated heterocycles. The molecule has 4 heterocycles. The molecule has 0 unspecified atom stereocenters. The Morgan fingerprint density at radius 3 is 2.60 bits per heavy atom. The Morgan fingerprint density at radius 2 is 1.88 bits per heavy atom. The van der Waals surface area contributed by atoms with E-state index in [1.165, 1.54) is 24.3 Å². The molecule has 2 aromatic carbocycles. The lowest BCUT2D eigenvalue weighted by Gasteiger charge is -2.33. The van der Waals surface area contributed by atoms with Crippen LogP contribution in [-0.2, 0) is 24.4 Å². The van der Waals surface area contributed by atoms with Crippen molar-refractivity contribution in [3.8, 4) is 5.75 Å². The summed E-state index contributed by atoms with van der Waals surface area (Å²) in [6.07, 6.45) is 2.73. The van der Waals surface area contributed by atoms with Crippen LogP contribution >= 0.6 is 11.6 Å². The van der Waals surface area contributed by atoms with Gasteiger partial charge in [0, 0.05) is 48.1 Å². The molecule has 9 nitrogen and oxygen atoms in total. The number of nitrogens with one attached hydrogen (secondary N) is 1. The summed E-state index contributed by atoms with van der Waals surface area (Å²) in [5.41, 5.74) is 2.23. The van der Waals surface area contributed by atoms with E-state index in [9.17, 15) is 18.7 Å². The number of hydrogen-bond acceptors (Lipinski definition) is 7. The Labute approximate surface area is 246 Å². The van der Waals surface area contributed by atoms with E-state index in [2.05, 4.69) is 15.2 Å². The molecule has 2 aliphatic heterocycles. The number of fused-ring (bicyclic) bond motifs is 1. The fraction of sp³-hybridized carbons (Fsp3) is 0.367. The summed E-state index contributed by atoms with van der Waals surface area (Å²) in [4.78, 5) is 23.0. The van der Waals surface area contributed by atoms with Crippen LogP contribution in [0.25, 0.3) is 11.2 Å². The highest BCUT2D eigenvalue weighted by Crippen LogP contribution is 2.27. The summed E-state index contributed by atoms with van der Waals surface area (Å²) < 4.78 is 41.7. The van der Waals surface area contributed by atoms with E-state index in [-0.39, 0.29) is 40.8 Å². The van der Waals surface area contributed by atoms with Gasteiger partial charge in [0.05, 0.1) is 19.2 Å². The Bertz CT molecular complexity index is 1600. The maximum Gasteiger partial charge on any atom is 0.354 e. The van der Waals surface area contributed by atoms with Gasteiger partial charge >= 0.3 is 5.97 Å². The molecule has 2 fully saturated rings. The third-order valence-corrected chi connectivity index (χ3v) is 7.96. The van der Waals surface area contributed by atoms with Gasteiger partial charge < -0.3 is 24.5 Å². The number of benzene rings is 2. The van der Waals surface area contributed by atoms with Crippen molar-refractivity contribution in [2.24, 2.45) is 0 Å². The van der Waals surface area contributed by atoms with Crippen molar-refractivity contribution >= 4 is 34.4 Å². The molecular weight excluding hydrogens is 568 g/mol. The highest BCUT2D eigenvalue weighted by molar-refractivity contribution is 6.30. The summed E-state index contributed by atoms with van der Waals surface area (Å²) in [5, 5.41) is 13.2. The zero-order valence-electron chi connectivity index (χ0n) is 22.7. The quantitative estimate of drug-likeness (QED) is 0.247. The topological polar surface area (TPSA) is 102 Å². The molecule has 12 heteroatoms. The number of likely N-dealkylation sites (tertiary alicyclic amines) is 1. The Hall–Kier alpha value is -3.80. The van der Waals surface area contributed by atoms with Gasteiger partial charge in [-0.15, -0.1) is 0 Å². The van der Waals surface area contributed by atoms with Gasteiger partial charge in [0.25, 0.3) is 0 Å². The third-order valence-electron chi connectivity index (χ3n) is 7.72. The van der Waals surface area contributed by atoms with Crippen molar-refractivity contribution in [3.05, 3.63) is 82.3 Å². The maximum atomic E-state index is 14.4. The summed E-state index contributed by atoms with van der Waals surface area (Å²) in [5.74, 6) is -1.22. The minimum absolute atomic E-state index is 0.0110. The average Bonchev–Trinajstić information content (AvgIpc) is 3.28. The Balaban J connectivity index is 1.08. The highest BCUT2D eigenvalue weighted by atomic mass is 35.5. The third kappa shape index (κ3) is 6.33. The number of rotatable bonds is 10. The molecule has 0 aliphatic carbocycles. The first-order valence-electron chi connectivity index (χ1n) is 13.9. The van der Waals surface area contributed by atoms with Crippen molar-refractivity contribution < 1.29 is 28.2 Å². The van der Waals surface area contributed by atoms with E-state index in [0.717, 1.165) is 50.5 Å². The number of piperidine rings is 1. The number of nitrogens with zero attached hydrogens (tertiary/aromatic N) is 4. The second-order valence-electron chi connectivity index (χ2n) is 10.6. The molecule has 0 radical (unpaired) electrons. The average molecular weight is 598 g/mol. The van der Waals surface area contributed by atoms with Gasteiger partial charge in [-0.1, -0.05) is 17.7 Å². The predicted octanol–water partition coefficient (Wildman–Crippen LogP) is 5.51. The van der Waals surface area contributed by atoms with Crippen LogP contribution in [0.1, 0.15) is 41.1 Å². The number of aromatic nitrogens is 3. The number of pyridine rings is 1. The van der Waals surface area contributed by atoms with Crippen molar-refractivity contribution in [2.45, 2.75) is 51.1 Å². The number of anilines is 1. The number of hydrogen-bond donors (Lipinski definition) is 2. The largest absolute Gasteiger partial charge is 0.486 e. The second kappa shape index (κ2) is 12.2. The minimum Gasteiger partial charge on any atom is -0.486 e. The van der Waals surface area contributed by atoms with Crippen LogP contribution in [0.4, 0.5) is 14.5 Å². The molecule has 0 bridgehead atoms. The van der Waals surface area contributed by atoms with Crippen molar-refractivity contribution in [3.63, 3.8) is 0 Å². The van der Waals surface area contributed by atoms with Crippen molar-refractivity contribution in [1.29, 1.82) is 0 Å². The van der Waals surface area contributed by atoms with Gasteiger partial charge in [-0.25, -0.2) is 23.5 Å². The molecule has 0 spiro atoms. The molecule has 220 valence electrons. The van der Waals surface area contributed by atoms with Crippen LogP contribution in [0, 0.1) is 11.6 Å². The molecule has 6 rings (SSSR count). The van der Waals surface area contributed by atoms with E-state index < -0.39 is 17.6 Å². The lowest BCUT2D eigenvalue weighted by molar-refractivity contribution is -0.0592. The first kappa shape index (κ1) is 28.3. The van der Waals surface area contributed by atoms with Crippen LogP contribution in [0.5, 0.6) is 5.75 Å². The fourth-order valence-corrected chi connectivity index (χ4v) is 5.44. The van der Waals surface area contributed by atoms with E-state index >= 15 is 0 Å². The zero-order valence-corrected chi connectivity index (χ0v) is 23.5. The molecule has 4 aromatic rings. The SMILES string of the molecule is O=C(O)c1ccc2nc(CN3CCC(Nc4ccc(F)c(OCc5ccc(Cl)cc5F)c4)CC3)n(C[C@@H]3CCO3)c2n1.